The molecule has 730 valence electrons. The third kappa shape index (κ3) is 29.5. The average molecular weight is 1830 g/mol. The van der Waals surface area contributed by atoms with Gasteiger partial charge in [0, 0.05) is 43.0 Å². The maximum atomic E-state index is 12.3. The number of unbranched alkanes of at least 4 members (excludes halogenated alkanes) is 11. The number of aromatic amines is 1. The summed E-state index contributed by atoms with van der Waals surface area (Å²) in [6.45, 7) is 26.9. The monoisotopic (exact) mass is 1820 g/mol. The molecular formula is C105H161N7O19. The van der Waals surface area contributed by atoms with E-state index in [9.17, 15) is 63.9 Å². The van der Waals surface area contributed by atoms with E-state index >= 15 is 0 Å². The first-order valence-electron chi connectivity index (χ1n) is 49.4. The number of allylic oxidation sites excluding steroid dienone is 11. The first kappa shape index (κ1) is 108. The lowest BCUT2D eigenvalue weighted by atomic mass is 9.43. The lowest BCUT2D eigenvalue weighted by Gasteiger charge is -2.63. The molecule has 2 heterocycles. The van der Waals surface area contributed by atoms with Gasteiger partial charge in [-0.15, -0.1) is 0 Å². The Kier molecular flexibility index (Phi) is 41.4. The number of carboxylic acid groups (broad SMARTS) is 6. The Hall–Kier alpha value is -8.43. The maximum absolute atomic E-state index is 12.3. The van der Waals surface area contributed by atoms with Crippen molar-refractivity contribution in [3.05, 3.63) is 123 Å². The van der Waals surface area contributed by atoms with Crippen LogP contribution in [0, 0.1) is 98.1 Å². The van der Waals surface area contributed by atoms with Crippen LogP contribution in [0.25, 0.3) is 11.2 Å². The largest absolute Gasteiger partial charge is 0.481 e. The predicted molar refractivity (Wildman–Crippen MR) is 511 cm³/mol. The average Bonchev–Trinajstić information content (AvgIpc) is 1.64. The molecule has 12 rings (SSSR count). The molecule has 0 spiro atoms. The van der Waals surface area contributed by atoms with Crippen molar-refractivity contribution in [1.29, 1.82) is 0 Å². The number of nitrogens with zero attached hydrogens (tertiary/aromatic N) is 3. The molecule has 9 aliphatic carbocycles. The molecule has 16 N–H and O–H groups in total. The summed E-state index contributed by atoms with van der Waals surface area (Å²) in [5.74, 6) is -1.19. The fraction of sp³-hybridized carbons (Fsp3) is 0.705. The Morgan fingerprint density at radius 3 is 1.70 bits per heavy atom. The van der Waals surface area contributed by atoms with Crippen molar-refractivity contribution >= 4 is 64.5 Å². The van der Waals surface area contributed by atoms with Crippen molar-refractivity contribution in [2.45, 2.75) is 370 Å². The number of nitrogen functional groups attached to an aromatic ring is 1. The van der Waals surface area contributed by atoms with E-state index in [1.165, 1.54) is 145 Å². The minimum Gasteiger partial charge on any atom is -0.481 e. The number of carboxylic acids is 6. The van der Waals surface area contributed by atoms with Crippen molar-refractivity contribution < 1.29 is 89.7 Å². The summed E-state index contributed by atoms with van der Waals surface area (Å²) in [5.41, 5.74) is 11.6. The topological polar surface area (TPSA) is 464 Å². The minimum atomic E-state index is -1.31. The first-order chi connectivity index (χ1) is 62.0. The number of hydrogen-bond acceptors (Lipinski definition) is 18. The third-order valence-corrected chi connectivity index (χ3v) is 32.8. The molecule has 0 saturated heterocycles. The van der Waals surface area contributed by atoms with Gasteiger partial charge in [0.05, 0.1) is 49.0 Å². The molecule has 2 aromatic heterocycles. The lowest BCUT2D eigenvalue weighted by molar-refractivity contribution is -0.207. The molecule has 9 aliphatic rings. The summed E-state index contributed by atoms with van der Waals surface area (Å²) < 4.78 is 0. The van der Waals surface area contributed by atoms with Crippen LogP contribution in [0.1, 0.15) is 343 Å². The van der Waals surface area contributed by atoms with Gasteiger partial charge in [0.1, 0.15) is 6.04 Å². The van der Waals surface area contributed by atoms with E-state index in [0.717, 1.165) is 107 Å². The SMILES string of the molecule is CC1=C(/C=C/C(C)=C/C=C/C(C)=C/C(=O)O)C(C)(C)CCC1.CCCCCCCC/C=C\CCCCCCCC(=O)O.C[C@H](CCC(=O)O)[C@H]1CC[C@H]2[C@@H]3CC[C@@H]4C[C@H](O)CC[C@]4(C)[C@H]3C[C@H](O)[C@]12C.C[C@H](CCC(=O)O)[C@H]1CC[C@H]2[C@@H]3[C@H](O)C[C@@H]4C[C@H](O)CC[C@]4(C)[C@H]3C[C@H](O)[C@]12C.Nc1nc2ncc(CNc3ccc(C(=O)N[C@@H](CCC(=O)O)C(=O)O)cc3)nc2c(=O)[nH]1. The van der Waals surface area contributed by atoms with Crippen LogP contribution in [0.2, 0.25) is 0 Å². The number of amides is 1. The molecule has 0 aliphatic heterocycles. The van der Waals surface area contributed by atoms with E-state index in [1.807, 2.05) is 12.2 Å². The van der Waals surface area contributed by atoms with Crippen LogP contribution in [-0.2, 0) is 35.3 Å². The zero-order chi connectivity index (χ0) is 96.3. The molecule has 1 amide bonds. The van der Waals surface area contributed by atoms with Gasteiger partial charge in [-0.3, -0.25) is 33.8 Å². The second-order valence-electron chi connectivity index (χ2n) is 41.9. The molecule has 8 saturated carbocycles. The van der Waals surface area contributed by atoms with Gasteiger partial charge in [-0.1, -0.05) is 167 Å². The number of aliphatic carboxylic acids is 6. The van der Waals surface area contributed by atoms with Gasteiger partial charge in [0.25, 0.3) is 11.5 Å². The van der Waals surface area contributed by atoms with E-state index < -0.39 is 59.4 Å². The van der Waals surface area contributed by atoms with Crippen LogP contribution in [0.5, 0.6) is 0 Å². The highest BCUT2D eigenvalue weighted by molar-refractivity contribution is 5.97. The quantitative estimate of drug-likeness (QED) is 0.0110. The van der Waals surface area contributed by atoms with Crippen molar-refractivity contribution in [2.75, 3.05) is 11.1 Å². The van der Waals surface area contributed by atoms with Crippen LogP contribution in [0.4, 0.5) is 11.6 Å². The van der Waals surface area contributed by atoms with Gasteiger partial charge in [-0.25, -0.2) is 19.6 Å². The number of nitrogens with two attached hydrogens (primary N) is 1. The fourth-order valence-electron chi connectivity index (χ4n) is 25.4. The number of H-pyrrole nitrogens is 1. The second kappa shape index (κ2) is 50.2. The van der Waals surface area contributed by atoms with Crippen LogP contribution >= 0.6 is 0 Å². The highest BCUT2D eigenvalue weighted by Crippen LogP contribution is 2.71. The van der Waals surface area contributed by atoms with Crippen molar-refractivity contribution in [1.82, 2.24) is 25.3 Å². The standard InChI is InChI=1S/C24H40O5.C24H40O4.C20H28O2.C19H19N7O6.C18H34O2/c1-13(4-7-21(28)29)16-5-6-17-22-18(12-20(27)24(16,17)3)23(2)9-8-15(25)10-14(23)11-19(22)26;1-14(4-9-22(27)28)18-7-8-19-17-6-5-15-12-16(25)10-11-23(15,2)20(17)13-21(26)24(18,19)3;1-15(8-6-9-16(2)14-19(21)22)11-12-18-17(3)10-7-13-20(18,4)5;20-19-25-15-14(17(30)26-19)23-11(8-22-15)7-21-10-3-1-9(2-4-10)16(29)24-12(18(31)32)5-6-13(27)28;1-2-3-4-5-6-7-8-9-10-11-12-13-14-15-16-17-18(19)20/h13-20,22,25-27H,4-12H2,1-3H3,(H,28,29);14-21,25-26H,4-13H2,1-3H3,(H,27,28);6,8-9,11-12,14H,7,10,13H2,1-5H3,(H,21,22);1-4,8,12,21H,5-7H2,(H,24,29)(H,27,28)(H,31,32)(H3,20,22,25,26,30);9-10H,2-8,11-17H2,1H3,(H,19,20)/b;;9-6+,12-11+,15-8+,16-14+;;10-9-/t13-,14+,15-,16-,17+,18+,19-,20+,22+,23+,24-;14-,15-,16-,17+,18-,19+,20+,21+,23+,24-;;12-;/m11.0./s1. The number of carbonyl (C=O) groups is 7. The van der Waals surface area contributed by atoms with Crippen LogP contribution in [0.15, 0.2) is 106 Å². The van der Waals surface area contributed by atoms with Crippen molar-refractivity contribution in [2.24, 2.45) is 98.1 Å². The van der Waals surface area contributed by atoms with Gasteiger partial charge in [0.15, 0.2) is 11.2 Å². The number of carbonyl (C=O) groups excluding carboxylic acids is 1. The Morgan fingerprint density at radius 1 is 0.588 bits per heavy atom. The Balaban J connectivity index is 0.000000204. The van der Waals surface area contributed by atoms with Crippen molar-refractivity contribution in [3.8, 4) is 0 Å². The van der Waals surface area contributed by atoms with E-state index in [-0.39, 0.29) is 118 Å². The summed E-state index contributed by atoms with van der Waals surface area (Å²) in [5, 5.41) is 113. The number of aliphatic hydroxyl groups is 5. The normalized spacial score (nSPS) is 30.7. The summed E-state index contributed by atoms with van der Waals surface area (Å²) in [6, 6.07) is 4.86. The number of anilines is 2. The van der Waals surface area contributed by atoms with E-state index in [0.29, 0.717) is 83.4 Å². The lowest BCUT2D eigenvalue weighted by Crippen LogP contribution is -2.62. The number of aliphatic hydroxyl groups excluding tert-OH is 5. The fourth-order valence-corrected chi connectivity index (χ4v) is 25.4. The van der Waals surface area contributed by atoms with E-state index in [4.69, 9.17) is 36.4 Å². The Labute approximate surface area is 777 Å². The summed E-state index contributed by atoms with van der Waals surface area (Å²) in [4.78, 5) is 104. The number of rotatable bonds is 37. The third-order valence-electron chi connectivity index (χ3n) is 32.8. The second-order valence-corrected chi connectivity index (χ2v) is 41.9. The molecule has 0 bridgehead atoms. The number of hydrogen-bond donors (Lipinski definition) is 15. The molecule has 0 radical (unpaired) electrons. The molecule has 8 fully saturated rings. The Bertz CT molecular complexity index is 4520. The zero-order valence-electron chi connectivity index (χ0n) is 80.6. The Morgan fingerprint density at radius 2 is 1.13 bits per heavy atom. The highest BCUT2D eigenvalue weighted by atomic mass is 16.4. The van der Waals surface area contributed by atoms with Crippen LogP contribution in [-0.4, -0.2) is 154 Å². The number of aromatic nitrogens is 4. The molecule has 0 unspecified atom stereocenters. The predicted octanol–water partition coefficient (Wildman–Crippen LogP) is 19.6. The smallest absolute Gasteiger partial charge is 0.328 e. The number of benzene rings is 1. The molecule has 131 heavy (non-hydrogen) atoms. The van der Waals surface area contributed by atoms with Crippen LogP contribution in [0.3, 0.4) is 0 Å². The van der Waals surface area contributed by atoms with Crippen molar-refractivity contribution in [3.63, 3.8) is 0 Å². The highest BCUT2D eigenvalue weighted by Gasteiger charge is 2.67. The summed E-state index contributed by atoms with van der Waals surface area (Å²) in [6.07, 6.45) is 52.4. The molecule has 26 heteroatoms. The molecular weight excluding hydrogens is 1660 g/mol. The minimum absolute atomic E-state index is 0.0524. The van der Waals surface area contributed by atoms with Gasteiger partial charge in [-0.05, 0) is 321 Å². The summed E-state index contributed by atoms with van der Waals surface area (Å²) in [7, 11) is 0. The molecule has 22 atom stereocenters. The van der Waals surface area contributed by atoms with E-state index in [2.05, 4.69) is 131 Å². The van der Waals surface area contributed by atoms with Gasteiger partial charge >= 0.3 is 35.8 Å². The molecule has 1 aromatic carbocycles. The maximum Gasteiger partial charge on any atom is 0.328 e. The number of nitrogens with one attached hydrogen (secondary N) is 3. The zero-order valence-corrected chi connectivity index (χ0v) is 80.6. The molecule has 3 aromatic rings. The van der Waals surface area contributed by atoms with Gasteiger partial charge in [-0.2, -0.15) is 4.98 Å². The van der Waals surface area contributed by atoms with Crippen LogP contribution < -0.4 is 21.9 Å². The van der Waals surface area contributed by atoms with E-state index in [1.54, 1.807) is 25.1 Å². The van der Waals surface area contributed by atoms with Gasteiger partial charge in [0.2, 0.25) is 5.95 Å². The number of fused-ring (bicyclic) bond motifs is 11. The first-order valence-corrected chi connectivity index (χ1v) is 49.4. The summed E-state index contributed by atoms with van der Waals surface area (Å²) >= 11 is 0. The van der Waals surface area contributed by atoms with Gasteiger partial charge < -0.3 is 72.5 Å². The molecule has 26 nitrogen and oxygen atoms in total.